The molecule has 1 rings (SSSR count). The summed E-state index contributed by atoms with van der Waals surface area (Å²) in [7, 11) is -3.40. The zero-order chi connectivity index (χ0) is 11.5. The number of hydrogen-bond acceptors (Lipinski definition) is 4. The summed E-state index contributed by atoms with van der Waals surface area (Å²) in [5.74, 6) is -0.474. The molecule has 1 atom stereocenters. The van der Waals surface area contributed by atoms with E-state index in [4.69, 9.17) is 5.11 Å². The highest BCUT2D eigenvalue weighted by molar-refractivity contribution is 7.98. The van der Waals surface area contributed by atoms with Crippen LogP contribution in [-0.2, 0) is 14.8 Å². The standard InChI is InChI=1S/C8H15NO4S2/c1-14-5-4-7(8(10)11)9-15(12,13)6-2-3-6/h6-7,9H,2-5H2,1H3,(H,10,11)/t7-/m0/s1. The Labute approximate surface area is 93.7 Å². The minimum absolute atomic E-state index is 0.322. The average molecular weight is 253 g/mol. The Hall–Kier alpha value is -0.270. The van der Waals surface area contributed by atoms with Crippen molar-refractivity contribution in [3.8, 4) is 0 Å². The van der Waals surface area contributed by atoms with Crippen LogP contribution in [0.2, 0.25) is 0 Å². The molecule has 1 fully saturated rings. The third-order valence-electron chi connectivity index (χ3n) is 2.18. The Bertz CT molecular complexity index is 324. The highest BCUT2D eigenvalue weighted by Gasteiger charge is 2.38. The van der Waals surface area contributed by atoms with Crippen molar-refractivity contribution in [3.05, 3.63) is 0 Å². The number of carbonyl (C=O) groups is 1. The summed E-state index contributed by atoms with van der Waals surface area (Å²) in [6, 6.07) is -0.983. The topological polar surface area (TPSA) is 83.5 Å². The third-order valence-corrected chi connectivity index (χ3v) is 4.78. The van der Waals surface area contributed by atoms with E-state index in [0.29, 0.717) is 25.0 Å². The predicted octanol–water partition coefficient (Wildman–Crippen LogP) is 0.274. The normalized spacial score (nSPS) is 18.7. The van der Waals surface area contributed by atoms with Gasteiger partial charge in [-0.3, -0.25) is 4.79 Å². The van der Waals surface area contributed by atoms with Gasteiger partial charge in [0.15, 0.2) is 0 Å². The van der Waals surface area contributed by atoms with E-state index in [0.717, 1.165) is 0 Å². The smallest absolute Gasteiger partial charge is 0.321 e. The van der Waals surface area contributed by atoms with Crippen molar-refractivity contribution >= 4 is 27.8 Å². The molecule has 0 aliphatic heterocycles. The zero-order valence-electron chi connectivity index (χ0n) is 8.47. The second-order valence-corrected chi connectivity index (χ2v) is 6.51. The maximum absolute atomic E-state index is 11.5. The summed E-state index contributed by atoms with van der Waals surface area (Å²) in [4.78, 5) is 10.8. The maximum Gasteiger partial charge on any atom is 0.321 e. The molecule has 0 heterocycles. The molecule has 7 heteroatoms. The molecule has 0 aromatic heterocycles. The van der Waals surface area contributed by atoms with E-state index in [9.17, 15) is 13.2 Å². The minimum Gasteiger partial charge on any atom is -0.480 e. The summed E-state index contributed by atoms with van der Waals surface area (Å²) in [6.07, 6.45) is 3.46. The lowest BCUT2D eigenvalue weighted by molar-refractivity contribution is -0.139. The number of hydrogen-bond donors (Lipinski definition) is 2. The van der Waals surface area contributed by atoms with Crippen LogP contribution < -0.4 is 4.72 Å². The fraction of sp³-hybridized carbons (Fsp3) is 0.875. The first-order valence-electron chi connectivity index (χ1n) is 4.70. The van der Waals surface area contributed by atoms with Gasteiger partial charge in [-0.05, 0) is 31.3 Å². The molecule has 88 valence electrons. The first-order chi connectivity index (χ1) is 6.97. The van der Waals surface area contributed by atoms with E-state index < -0.39 is 22.0 Å². The van der Waals surface area contributed by atoms with Crippen molar-refractivity contribution in [3.63, 3.8) is 0 Å². The number of sulfonamides is 1. The summed E-state index contributed by atoms with van der Waals surface area (Å²) in [5, 5.41) is 8.46. The molecule has 0 aromatic carbocycles. The highest BCUT2D eigenvalue weighted by Crippen LogP contribution is 2.27. The summed E-state index contributed by atoms with van der Waals surface area (Å²) >= 11 is 1.50. The van der Waals surface area contributed by atoms with Gasteiger partial charge in [-0.25, -0.2) is 13.1 Å². The molecule has 0 amide bonds. The van der Waals surface area contributed by atoms with Gasteiger partial charge >= 0.3 is 5.97 Å². The lowest BCUT2D eigenvalue weighted by Gasteiger charge is -2.13. The van der Waals surface area contributed by atoms with Crippen molar-refractivity contribution in [2.45, 2.75) is 30.6 Å². The third kappa shape index (κ3) is 4.00. The van der Waals surface area contributed by atoms with Crippen molar-refractivity contribution in [2.24, 2.45) is 0 Å². The van der Waals surface area contributed by atoms with Crippen LogP contribution in [0.3, 0.4) is 0 Å². The van der Waals surface area contributed by atoms with Crippen LogP contribution in [0.15, 0.2) is 0 Å². The molecule has 0 radical (unpaired) electrons. The number of aliphatic carboxylic acids is 1. The van der Waals surface area contributed by atoms with Gasteiger partial charge < -0.3 is 5.11 Å². The van der Waals surface area contributed by atoms with Gasteiger partial charge in [0.1, 0.15) is 6.04 Å². The van der Waals surface area contributed by atoms with Gasteiger partial charge in [-0.1, -0.05) is 0 Å². The monoisotopic (exact) mass is 253 g/mol. The number of carboxylic acid groups (broad SMARTS) is 1. The van der Waals surface area contributed by atoms with Crippen molar-refractivity contribution in [1.82, 2.24) is 4.72 Å². The van der Waals surface area contributed by atoms with Gasteiger partial charge in [0.25, 0.3) is 0 Å². The molecular weight excluding hydrogens is 238 g/mol. The van der Waals surface area contributed by atoms with E-state index in [1.807, 2.05) is 6.26 Å². The van der Waals surface area contributed by atoms with Crippen LogP contribution in [0.25, 0.3) is 0 Å². The van der Waals surface area contributed by atoms with E-state index in [2.05, 4.69) is 4.72 Å². The maximum atomic E-state index is 11.5. The molecule has 0 saturated heterocycles. The first-order valence-corrected chi connectivity index (χ1v) is 7.64. The Morgan fingerprint density at radius 1 is 1.60 bits per heavy atom. The van der Waals surface area contributed by atoms with Crippen molar-refractivity contribution in [1.29, 1.82) is 0 Å². The fourth-order valence-corrected chi connectivity index (χ4v) is 3.18. The summed E-state index contributed by atoms with van der Waals surface area (Å²) < 4.78 is 25.2. The van der Waals surface area contributed by atoms with E-state index in [-0.39, 0.29) is 5.25 Å². The van der Waals surface area contributed by atoms with Gasteiger partial charge in [0, 0.05) is 0 Å². The number of rotatable bonds is 7. The molecule has 1 aliphatic rings. The Kier molecular flexibility index (Phi) is 4.42. The Morgan fingerprint density at radius 3 is 2.60 bits per heavy atom. The van der Waals surface area contributed by atoms with Crippen LogP contribution in [0.4, 0.5) is 0 Å². The molecular formula is C8H15NO4S2. The van der Waals surface area contributed by atoms with Gasteiger partial charge in [0.2, 0.25) is 10.0 Å². The number of nitrogens with one attached hydrogen (secondary N) is 1. The van der Waals surface area contributed by atoms with E-state index >= 15 is 0 Å². The first kappa shape index (κ1) is 12.8. The minimum atomic E-state index is -3.40. The largest absolute Gasteiger partial charge is 0.480 e. The van der Waals surface area contributed by atoms with Crippen molar-refractivity contribution < 1.29 is 18.3 Å². The lowest BCUT2D eigenvalue weighted by Crippen LogP contribution is -2.42. The predicted molar refractivity (Wildman–Crippen MR) is 59.5 cm³/mol. The lowest BCUT2D eigenvalue weighted by atomic mass is 10.2. The van der Waals surface area contributed by atoms with Gasteiger partial charge in [-0.2, -0.15) is 11.8 Å². The van der Waals surface area contributed by atoms with Gasteiger partial charge in [-0.15, -0.1) is 0 Å². The zero-order valence-corrected chi connectivity index (χ0v) is 10.1. The van der Waals surface area contributed by atoms with Crippen molar-refractivity contribution in [2.75, 3.05) is 12.0 Å². The molecule has 1 saturated carbocycles. The Morgan fingerprint density at radius 2 is 2.20 bits per heavy atom. The second kappa shape index (κ2) is 5.18. The molecule has 1 aliphatic carbocycles. The number of carboxylic acids is 1. The number of thioether (sulfide) groups is 1. The quantitative estimate of drug-likeness (QED) is 0.680. The van der Waals surface area contributed by atoms with E-state index in [1.165, 1.54) is 11.8 Å². The summed E-state index contributed by atoms with van der Waals surface area (Å²) in [5.41, 5.74) is 0. The van der Waals surface area contributed by atoms with Gasteiger partial charge in [0.05, 0.1) is 5.25 Å². The van der Waals surface area contributed by atoms with Crippen LogP contribution in [0.5, 0.6) is 0 Å². The molecule has 5 nitrogen and oxygen atoms in total. The summed E-state index contributed by atoms with van der Waals surface area (Å²) in [6.45, 7) is 0. The molecule has 0 unspecified atom stereocenters. The van der Waals surface area contributed by atoms with Crippen LogP contribution in [-0.4, -0.2) is 42.8 Å². The van der Waals surface area contributed by atoms with Crippen LogP contribution >= 0.6 is 11.8 Å². The fourth-order valence-electron chi connectivity index (χ4n) is 1.14. The van der Waals surface area contributed by atoms with Crippen LogP contribution in [0, 0.1) is 0 Å². The molecule has 0 aromatic rings. The molecule has 2 N–H and O–H groups in total. The van der Waals surface area contributed by atoms with E-state index in [1.54, 1.807) is 0 Å². The second-order valence-electron chi connectivity index (χ2n) is 3.53. The SMILES string of the molecule is CSCC[C@H](NS(=O)(=O)C1CC1)C(=O)O. The molecule has 15 heavy (non-hydrogen) atoms. The average Bonchev–Trinajstić information content (AvgIpc) is 2.94. The van der Waals surface area contributed by atoms with Crippen LogP contribution in [0.1, 0.15) is 19.3 Å². The molecule has 0 bridgehead atoms. The highest BCUT2D eigenvalue weighted by atomic mass is 32.2. The Balaban J connectivity index is 2.53. The molecule has 0 spiro atoms.